The van der Waals surface area contributed by atoms with Crippen molar-refractivity contribution in [3.05, 3.63) is 0 Å². The number of nitrogens with one attached hydrogen (secondary N) is 1. The van der Waals surface area contributed by atoms with Crippen molar-refractivity contribution in [1.82, 2.24) is 10.2 Å². The van der Waals surface area contributed by atoms with E-state index in [1.807, 2.05) is 6.92 Å². The fourth-order valence-electron chi connectivity index (χ4n) is 3.10. The minimum Gasteiger partial charge on any atom is -0.481 e. The van der Waals surface area contributed by atoms with Gasteiger partial charge in [0.05, 0.1) is 5.41 Å². The molecule has 0 radical (unpaired) electrons. The zero-order valence-electron chi connectivity index (χ0n) is 13.7. The second-order valence-corrected chi connectivity index (χ2v) is 6.47. The molecular weight excluding hydrogens is 268 g/mol. The lowest BCUT2D eigenvalue weighted by atomic mass is 9.76. The van der Waals surface area contributed by atoms with Crippen LogP contribution in [-0.2, 0) is 9.59 Å². The van der Waals surface area contributed by atoms with Crippen molar-refractivity contribution < 1.29 is 14.7 Å². The summed E-state index contributed by atoms with van der Waals surface area (Å²) in [6.45, 7) is 8.08. The van der Waals surface area contributed by atoms with Crippen LogP contribution in [0.4, 0.5) is 0 Å². The molecule has 1 fully saturated rings. The van der Waals surface area contributed by atoms with Crippen molar-refractivity contribution in [2.24, 2.45) is 5.41 Å². The van der Waals surface area contributed by atoms with Crippen LogP contribution in [0.25, 0.3) is 0 Å². The van der Waals surface area contributed by atoms with Crippen molar-refractivity contribution in [3.8, 4) is 0 Å². The maximum absolute atomic E-state index is 12.3. The van der Waals surface area contributed by atoms with Gasteiger partial charge in [-0.15, -0.1) is 0 Å². The van der Waals surface area contributed by atoms with Crippen LogP contribution < -0.4 is 5.32 Å². The topological polar surface area (TPSA) is 69.6 Å². The summed E-state index contributed by atoms with van der Waals surface area (Å²) < 4.78 is 0. The molecule has 1 saturated heterocycles. The number of carbonyl (C=O) groups excluding carboxylic acids is 1. The number of hydrogen-bond acceptors (Lipinski definition) is 3. The fourth-order valence-corrected chi connectivity index (χ4v) is 3.10. The van der Waals surface area contributed by atoms with Crippen LogP contribution in [0, 0.1) is 5.41 Å². The highest BCUT2D eigenvalue weighted by Gasteiger charge is 2.42. The second kappa shape index (κ2) is 8.37. The first-order valence-corrected chi connectivity index (χ1v) is 8.16. The Balaban J connectivity index is 2.50. The van der Waals surface area contributed by atoms with Crippen LogP contribution in [-0.4, -0.2) is 47.6 Å². The first kappa shape index (κ1) is 18.0. The third-order valence-electron chi connectivity index (χ3n) is 4.23. The summed E-state index contributed by atoms with van der Waals surface area (Å²) in [7, 11) is 0. The lowest BCUT2D eigenvalue weighted by Gasteiger charge is -2.40. The Morgan fingerprint density at radius 1 is 1.38 bits per heavy atom. The maximum Gasteiger partial charge on any atom is 0.311 e. The Hall–Kier alpha value is -1.10. The summed E-state index contributed by atoms with van der Waals surface area (Å²) >= 11 is 0. The monoisotopic (exact) mass is 298 g/mol. The second-order valence-electron chi connectivity index (χ2n) is 6.47. The van der Waals surface area contributed by atoms with Crippen LogP contribution in [0.1, 0.15) is 59.3 Å². The van der Waals surface area contributed by atoms with Gasteiger partial charge in [-0.05, 0) is 32.2 Å². The maximum atomic E-state index is 12.3. The highest BCUT2D eigenvalue weighted by atomic mass is 16.4. The van der Waals surface area contributed by atoms with Gasteiger partial charge in [-0.25, -0.2) is 0 Å². The van der Waals surface area contributed by atoms with Crippen molar-refractivity contribution >= 4 is 11.9 Å². The van der Waals surface area contributed by atoms with Crippen LogP contribution in [0.15, 0.2) is 0 Å². The van der Waals surface area contributed by atoms with Gasteiger partial charge in [-0.2, -0.15) is 0 Å². The summed E-state index contributed by atoms with van der Waals surface area (Å²) in [5.74, 6) is -0.648. The van der Waals surface area contributed by atoms with Crippen LogP contribution >= 0.6 is 0 Å². The van der Waals surface area contributed by atoms with E-state index in [1.54, 1.807) is 4.90 Å². The first-order valence-electron chi connectivity index (χ1n) is 8.16. The minimum absolute atomic E-state index is 0.0991. The number of likely N-dealkylation sites (tertiary alicyclic amines) is 1. The first-order chi connectivity index (χ1) is 9.91. The predicted octanol–water partition coefficient (Wildman–Crippen LogP) is 2.26. The van der Waals surface area contributed by atoms with Crippen molar-refractivity contribution in [1.29, 1.82) is 0 Å². The largest absolute Gasteiger partial charge is 0.481 e. The van der Waals surface area contributed by atoms with Gasteiger partial charge in [0.2, 0.25) is 5.91 Å². The quantitative estimate of drug-likeness (QED) is 0.674. The number of piperidine rings is 1. The molecule has 1 atom stereocenters. The fraction of sp³-hybridized carbons (Fsp3) is 0.875. The number of rotatable bonds is 8. The molecule has 5 nitrogen and oxygen atoms in total. The van der Waals surface area contributed by atoms with Gasteiger partial charge in [0.1, 0.15) is 0 Å². The predicted molar refractivity (Wildman–Crippen MR) is 83.2 cm³/mol. The number of carboxylic acids is 1. The zero-order chi connectivity index (χ0) is 15.9. The standard InChI is InChI=1S/C16H30N2O3/c1-4-8-16(15(20)21)9-6-11-18(12-16)14(19)7-5-10-17-13(2)3/h13,17H,4-12H2,1-3H3,(H,20,21). The van der Waals surface area contributed by atoms with E-state index in [0.29, 0.717) is 38.4 Å². The average Bonchev–Trinajstić information content (AvgIpc) is 2.43. The Kier molecular flexibility index (Phi) is 7.15. The highest BCUT2D eigenvalue weighted by Crippen LogP contribution is 2.35. The van der Waals surface area contributed by atoms with Crippen molar-refractivity contribution in [3.63, 3.8) is 0 Å². The third-order valence-corrected chi connectivity index (χ3v) is 4.23. The molecule has 0 aromatic heterocycles. The van der Waals surface area contributed by atoms with E-state index < -0.39 is 11.4 Å². The average molecular weight is 298 g/mol. The molecule has 1 rings (SSSR count). The molecule has 0 saturated carbocycles. The molecule has 1 heterocycles. The zero-order valence-corrected chi connectivity index (χ0v) is 13.7. The highest BCUT2D eigenvalue weighted by molar-refractivity contribution is 5.79. The third kappa shape index (κ3) is 5.30. The molecule has 0 bridgehead atoms. The van der Waals surface area contributed by atoms with Gasteiger partial charge in [0.25, 0.3) is 0 Å². The van der Waals surface area contributed by atoms with Crippen molar-refractivity contribution in [2.75, 3.05) is 19.6 Å². The number of nitrogens with zero attached hydrogens (tertiary/aromatic N) is 1. The molecule has 1 aliphatic heterocycles. The van der Waals surface area contributed by atoms with Crippen molar-refractivity contribution in [2.45, 2.75) is 65.3 Å². The van der Waals surface area contributed by atoms with Gasteiger partial charge in [-0.1, -0.05) is 27.2 Å². The summed E-state index contributed by atoms with van der Waals surface area (Å²) in [5, 5.41) is 12.8. The molecule has 1 aliphatic rings. The van der Waals surface area contributed by atoms with Crippen LogP contribution in [0.3, 0.4) is 0 Å². The summed E-state index contributed by atoms with van der Waals surface area (Å²) in [4.78, 5) is 25.7. The molecule has 0 spiro atoms. The molecule has 0 aromatic rings. The Morgan fingerprint density at radius 3 is 2.67 bits per heavy atom. The van der Waals surface area contributed by atoms with E-state index in [-0.39, 0.29) is 5.91 Å². The molecule has 2 N–H and O–H groups in total. The van der Waals surface area contributed by atoms with Gasteiger partial charge in [0.15, 0.2) is 0 Å². The molecule has 5 heteroatoms. The van der Waals surface area contributed by atoms with E-state index in [0.717, 1.165) is 25.8 Å². The minimum atomic E-state index is -0.747. The number of carboxylic acid groups (broad SMARTS) is 1. The Labute approximate surface area is 128 Å². The van der Waals surface area contributed by atoms with Gasteiger partial charge < -0.3 is 15.3 Å². The lowest BCUT2D eigenvalue weighted by Crippen LogP contribution is -2.50. The lowest BCUT2D eigenvalue weighted by molar-refractivity contribution is -0.155. The summed E-state index contributed by atoms with van der Waals surface area (Å²) in [5.41, 5.74) is -0.723. The van der Waals surface area contributed by atoms with E-state index >= 15 is 0 Å². The number of carbonyl (C=O) groups is 2. The number of amides is 1. The summed E-state index contributed by atoms with van der Waals surface area (Å²) in [6, 6.07) is 0.430. The van der Waals surface area contributed by atoms with Gasteiger partial charge in [-0.3, -0.25) is 9.59 Å². The molecule has 0 aromatic carbocycles. The molecule has 1 amide bonds. The van der Waals surface area contributed by atoms with Gasteiger partial charge in [0, 0.05) is 25.6 Å². The normalized spacial score (nSPS) is 22.6. The number of aliphatic carboxylic acids is 1. The number of hydrogen-bond donors (Lipinski definition) is 2. The van der Waals surface area contributed by atoms with E-state index in [1.165, 1.54) is 0 Å². The summed E-state index contributed by atoms with van der Waals surface area (Å²) in [6.07, 6.45) is 4.29. The molecule has 1 unspecified atom stereocenters. The Bertz CT molecular complexity index is 353. The van der Waals surface area contributed by atoms with E-state index in [9.17, 15) is 14.7 Å². The SMILES string of the molecule is CCCC1(C(=O)O)CCCN(C(=O)CCCNC(C)C)C1. The molecule has 21 heavy (non-hydrogen) atoms. The molecular formula is C16H30N2O3. The molecule has 0 aliphatic carbocycles. The van der Waals surface area contributed by atoms with Gasteiger partial charge >= 0.3 is 5.97 Å². The smallest absolute Gasteiger partial charge is 0.311 e. The van der Waals surface area contributed by atoms with Crippen LogP contribution in [0.5, 0.6) is 0 Å². The molecule has 122 valence electrons. The van der Waals surface area contributed by atoms with E-state index in [2.05, 4.69) is 19.2 Å². The Morgan fingerprint density at radius 2 is 2.10 bits per heavy atom. The van der Waals surface area contributed by atoms with Crippen LogP contribution in [0.2, 0.25) is 0 Å². The van der Waals surface area contributed by atoms with E-state index in [4.69, 9.17) is 0 Å².